The number of anilines is 2. The molecule has 0 aliphatic carbocycles. The standard InChI is InChI=1S/C22H21N5O2/c1-15(29-17-10-8-16(14-23)9-11-17)22(28)27-13-5-12-26(2)20-21(27)25-19-7-4-3-6-18(19)24-20/h3-4,6-11,15H,5,12-13H2,1-2H3/t15-/m1/s1. The Kier molecular flexibility index (Phi) is 5.00. The number of amides is 1. The molecule has 7 heteroatoms. The number of carbonyl (C=O) groups is 1. The third-order valence-electron chi connectivity index (χ3n) is 4.94. The largest absolute Gasteiger partial charge is 0.481 e. The molecular weight excluding hydrogens is 366 g/mol. The molecule has 3 aromatic rings. The van der Waals surface area contributed by atoms with E-state index in [1.807, 2.05) is 36.2 Å². The van der Waals surface area contributed by atoms with Crippen LogP contribution in [0, 0.1) is 11.3 Å². The molecule has 0 saturated heterocycles. The van der Waals surface area contributed by atoms with Crippen molar-refractivity contribution < 1.29 is 9.53 Å². The molecule has 1 atom stereocenters. The fraction of sp³-hybridized carbons (Fsp3) is 0.273. The molecule has 29 heavy (non-hydrogen) atoms. The summed E-state index contributed by atoms with van der Waals surface area (Å²) in [6.07, 6.45) is 0.104. The van der Waals surface area contributed by atoms with Crippen LogP contribution in [-0.2, 0) is 4.79 Å². The maximum absolute atomic E-state index is 13.2. The highest BCUT2D eigenvalue weighted by Crippen LogP contribution is 2.30. The van der Waals surface area contributed by atoms with Gasteiger partial charge in [-0.3, -0.25) is 9.69 Å². The van der Waals surface area contributed by atoms with Crippen LogP contribution in [0.15, 0.2) is 48.5 Å². The topological polar surface area (TPSA) is 82.4 Å². The van der Waals surface area contributed by atoms with Crippen molar-refractivity contribution in [2.75, 3.05) is 29.9 Å². The number of hydrogen-bond acceptors (Lipinski definition) is 6. The Labute approximate surface area is 169 Å². The summed E-state index contributed by atoms with van der Waals surface area (Å²) in [6, 6.07) is 16.4. The van der Waals surface area contributed by atoms with Gasteiger partial charge in [-0.15, -0.1) is 0 Å². The molecule has 0 spiro atoms. The average molecular weight is 387 g/mol. The quantitative estimate of drug-likeness (QED) is 0.687. The zero-order valence-electron chi connectivity index (χ0n) is 16.4. The highest BCUT2D eigenvalue weighted by atomic mass is 16.5. The van der Waals surface area contributed by atoms with E-state index in [1.54, 1.807) is 36.1 Å². The van der Waals surface area contributed by atoms with Crippen molar-refractivity contribution in [3.05, 3.63) is 54.1 Å². The SMILES string of the molecule is C[C@@H](Oc1ccc(C#N)cc1)C(=O)N1CCCN(C)c2nc3ccccc3nc21. The molecule has 0 bridgehead atoms. The molecule has 0 N–H and O–H groups in total. The van der Waals surface area contributed by atoms with E-state index in [2.05, 4.69) is 6.07 Å². The highest BCUT2D eigenvalue weighted by molar-refractivity contribution is 5.99. The Morgan fingerprint density at radius 1 is 1.07 bits per heavy atom. The van der Waals surface area contributed by atoms with Gasteiger partial charge in [0, 0.05) is 20.1 Å². The predicted octanol–water partition coefficient (Wildman–Crippen LogP) is 3.14. The van der Waals surface area contributed by atoms with Crippen molar-refractivity contribution in [3.8, 4) is 11.8 Å². The smallest absolute Gasteiger partial charge is 0.269 e. The lowest BCUT2D eigenvalue weighted by atomic mass is 10.2. The van der Waals surface area contributed by atoms with E-state index in [1.165, 1.54) is 0 Å². The number of nitrogens with zero attached hydrogens (tertiary/aromatic N) is 5. The van der Waals surface area contributed by atoms with Gasteiger partial charge in [0.05, 0.1) is 22.7 Å². The molecule has 2 heterocycles. The number of nitriles is 1. The Hall–Kier alpha value is -3.66. The average Bonchev–Trinajstić information content (AvgIpc) is 2.91. The van der Waals surface area contributed by atoms with E-state index in [9.17, 15) is 4.79 Å². The van der Waals surface area contributed by atoms with Crippen LogP contribution in [0.25, 0.3) is 11.0 Å². The summed E-state index contributed by atoms with van der Waals surface area (Å²) in [7, 11) is 1.97. The van der Waals surface area contributed by atoms with Crippen LogP contribution in [-0.4, -0.2) is 42.1 Å². The van der Waals surface area contributed by atoms with Crippen LogP contribution in [0.1, 0.15) is 18.9 Å². The van der Waals surface area contributed by atoms with Gasteiger partial charge in [-0.05, 0) is 49.7 Å². The molecule has 0 fully saturated rings. The van der Waals surface area contributed by atoms with Crippen molar-refractivity contribution in [1.29, 1.82) is 5.26 Å². The first-order valence-electron chi connectivity index (χ1n) is 9.53. The van der Waals surface area contributed by atoms with Crippen molar-refractivity contribution in [2.45, 2.75) is 19.4 Å². The number of fused-ring (bicyclic) bond motifs is 2. The molecule has 1 amide bonds. The Bertz CT molecular complexity index is 1090. The molecular formula is C22H21N5O2. The van der Waals surface area contributed by atoms with Gasteiger partial charge in [0.2, 0.25) is 0 Å². The Morgan fingerprint density at radius 3 is 2.38 bits per heavy atom. The molecule has 7 nitrogen and oxygen atoms in total. The second kappa shape index (κ2) is 7.76. The Balaban J connectivity index is 1.64. The summed E-state index contributed by atoms with van der Waals surface area (Å²) >= 11 is 0. The van der Waals surface area contributed by atoms with Crippen LogP contribution in [0.2, 0.25) is 0 Å². The fourth-order valence-electron chi connectivity index (χ4n) is 3.39. The number of benzene rings is 2. The molecule has 1 aliphatic heterocycles. The van der Waals surface area contributed by atoms with Crippen molar-refractivity contribution in [1.82, 2.24) is 9.97 Å². The van der Waals surface area contributed by atoms with E-state index in [-0.39, 0.29) is 5.91 Å². The maximum atomic E-state index is 13.2. The predicted molar refractivity (Wildman–Crippen MR) is 111 cm³/mol. The fourth-order valence-corrected chi connectivity index (χ4v) is 3.39. The lowest BCUT2D eigenvalue weighted by molar-refractivity contribution is -0.124. The molecule has 1 aromatic heterocycles. The molecule has 2 aromatic carbocycles. The van der Waals surface area contributed by atoms with E-state index in [0.29, 0.717) is 29.5 Å². The first-order chi connectivity index (χ1) is 14.1. The number of para-hydroxylation sites is 2. The normalized spacial score (nSPS) is 14.7. The van der Waals surface area contributed by atoms with Gasteiger partial charge in [0.1, 0.15) is 5.75 Å². The highest BCUT2D eigenvalue weighted by Gasteiger charge is 2.30. The van der Waals surface area contributed by atoms with Crippen LogP contribution in [0.4, 0.5) is 11.6 Å². The van der Waals surface area contributed by atoms with E-state index < -0.39 is 6.10 Å². The first-order valence-corrected chi connectivity index (χ1v) is 9.53. The minimum absolute atomic E-state index is 0.171. The van der Waals surface area contributed by atoms with Crippen LogP contribution >= 0.6 is 0 Å². The van der Waals surface area contributed by atoms with Crippen LogP contribution < -0.4 is 14.5 Å². The minimum Gasteiger partial charge on any atom is -0.481 e. The minimum atomic E-state index is -0.701. The zero-order chi connectivity index (χ0) is 20.4. The summed E-state index contributed by atoms with van der Waals surface area (Å²) in [5.74, 6) is 1.63. The third-order valence-corrected chi connectivity index (χ3v) is 4.94. The first kappa shape index (κ1) is 18.7. The maximum Gasteiger partial charge on any atom is 0.269 e. The zero-order valence-corrected chi connectivity index (χ0v) is 16.4. The van der Waals surface area contributed by atoms with E-state index in [4.69, 9.17) is 20.0 Å². The summed E-state index contributed by atoms with van der Waals surface area (Å²) in [4.78, 5) is 26.5. The lowest BCUT2D eigenvalue weighted by Crippen LogP contribution is -2.41. The summed E-state index contributed by atoms with van der Waals surface area (Å²) < 4.78 is 5.84. The third kappa shape index (κ3) is 3.69. The van der Waals surface area contributed by atoms with Crippen molar-refractivity contribution in [3.63, 3.8) is 0 Å². The van der Waals surface area contributed by atoms with E-state index in [0.717, 1.165) is 24.0 Å². The number of hydrogen-bond donors (Lipinski definition) is 0. The second-order valence-corrected chi connectivity index (χ2v) is 7.02. The molecule has 1 aliphatic rings. The number of ether oxygens (including phenoxy) is 1. The summed E-state index contributed by atoms with van der Waals surface area (Å²) in [5.41, 5.74) is 2.09. The van der Waals surface area contributed by atoms with Crippen molar-refractivity contribution in [2.24, 2.45) is 0 Å². The molecule has 0 saturated carbocycles. The Morgan fingerprint density at radius 2 is 1.72 bits per heavy atom. The summed E-state index contributed by atoms with van der Waals surface area (Å²) in [5, 5.41) is 8.92. The van der Waals surface area contributed by atoms with Gasteiger partial charge in [-0.1, -0.05) is 12.1 Å². The van der Waals surface area contributed by atoms with Gasteiger partial charge in [0.25, 0.3) is 5.91 Å². The number of rotatable bonds is 3. The molecule has 4 rings (SSSR count). The van der Waals surface area contributed by atoms with Crippen LogP contribution in [0.5, 0.6) is 5.75 Å². The molecule has 146 valence electrons. The van der Waals surface area contributed by atoms with Gasteiger partial charge < -0.3 is 9.64 Å². The van der Waals surface area contributed by atoms with Crippen molar-refractivity contribution >= 4 is 28.6 Å². The lowest BCUT2D eigenvalue weighted by Gasteiger charge is -2.25. The summed E-state index contributed by atoms with van der Waals surface area (Å²) in [6.45, 7) is 3.06. The number of carbonyl (C=O) groups excluding carboxylic acids is 1. The van der Waals surface area contributed by atoms with Gasteiger partial charge in [-0.25, -0.2) is 9.97 Å². The van der Waals surface area contributed by atoms with Gasteiger partial charge in [-0.2, -0.15) is 5.26 Å². The second-order valence-electron chi connectivity index (χ2n) is 7.02. The van der Waals surface area contributed by atoms with Gasteiger partial charge in [0.15, 0.2) is 17.7 Å². The monoisotopic (exact) mass is 387 g/mol. The van der Waals surface area contributed by atoms with E-state index >= 15 is 0 Å². The molecule has 0 radical (unpaired) electrons. The van der Waals surface area contributed by atoms with Gasteiger partial charge >= 0.3 is 0 Å². The molecule has 0 unspecified atom stereocenters. The number of aromatic nitrogens is 2. The van der Waals surface area contributed by atoms with Crippen LogP contribution in [0.3, 0.4) is 0 Å².